The van der Waals surface area contributed by atoms with Crippen molar-refractivity contribution in [2.75, 3.05) is 0 Å². The molecule has 4 amide bonds. The van der Waals surface area contributed by atoms with Crippen molar-refractivity contribution in [3.8, 4) is 0 Å². The van der Waals surface area contributed by atoms with Gasteiger partial charge in [-0.25, -0.2) is 4.79 Å². The maximum atomic E-state index is 12.1. The van der Waals surface area contributed by atoms with Gasteiger partial charge in [0.25, 0.3) is 0 Å². The van der Waals surface area contributed by atoms with Gasteiger partial charge in [0.05, 0.1) is 0 Å². The SMILES string of the molecule is CCC.CCC1C(=O)NC(=O)N(C2CCCCC2)C1=O. The van der Waals surface area contributed by atoms with Crippen molar-refractivity contribution in [3.05, 3.63) is 0 Å². The molecule has 0 aromatic carbocycles. The highest BCUT2D eigenvalue weighted by Gasteiger charge is 2.42. The first-order valence-electron chi connectivity index (χ1n) is 7.74. The van der Waals surface area contributed by atoms with E-state index in [2.05, 4.69) is 19.2 Å². The minimum absolute atomic E-state index is 0.0154. The number of rotatable bonds is 2. The molecule has 2 rings (SSSR count). The van der Waals surface area contributed by atoms with Crippen LogP contribution in [0.25, 0.3) is 0 Å². The van der Waals surface area contributed by atoms with Gasteiger partial charge in [-0.2, -0.15) is 0 Å². The zero-order valence-corrected chi connectivity index (χ0v) is 12.8. The minimum Gasteiger partial charge on any atom is -0.277 e. The zero-order chi connectivity index (χ0) is 15.1. The molecule has 1 aliphatic carbocycles. The van der Waals surface area contributed by atoms with E-state index in [9.17, 15) is 14.4 Å². The van der Waals surface area contributed by atoms with E-state index in [0.29, 0.717) is 6.42 Å². The van der Waals surface area contributed by atoms with Crippen molar-refractivity contribution in [3.63, 3.8) is 0 Å². The van der Waals surface area contributed by atoms with Crippen molar-refractivity contribution < 1.29 is 14.4 Å². The first kappa shape index (κ1) is 16.7. The molecule has 2 aliphatic rings. The summed E-state index contributed by atoms with van der Waals surface area (Å²) in [5.74, 6) is -1.45. The summed E-state index contributed by atoms with van der Waals surface area (Å²) in [5, 5.41) is 2.29. The van der Waals surface area contributed by atoms with E-state index in [1.54, 1.807) is 6.92 Å². The fourth-order valence-electron chi connectivity index (χ4n) is 2.68. The number of nitrogens with zero attached hydrogens (tertiary/aromatic N) is 1. The Kier molecular flexibility index (Phi) is 6.68. The van der Waals surface area contributed by atoms with Crippen molar-refractivity contribution in [2.24, 2.45) is 5.92 Å². The Hall–Kier alpha value is -1.39. The van der Waals surface area contributed by atoms with Crippen molar-refractivity contribution >= 4 is 17.8 Å². The van der Waals surface area contributed by atoms with Gasteiger partial charge in [-0.3, -0.25) is 19.8 Å². The molecule has 5 nitrogen and oxygen atoms in total. The first-order chi connectivity index (χ1) is 9.56. The van der Waals surface area contributed by atoms with Crippen LogP contribution in [0.4, 0.5) is 4.79 Å². The van der Waals surface area contributed by atoms with Gasteiger partial charge in [0.1, 0.15) is 5.92 Å². The van der Waals surface area contributed by atoms with E-state index in [1.165, 1.54) is 11.3 Å². The van der Waals surface area contributed by atoms with Crippen LogP contribution in [-0.2, 0) is 9.59 Å². The van der Waals surface area contributed by atoms with Gasteiger partial charge in [0.15, 0.2) is 0 Å². The number of carbonyl (C=O) groups is 3. The standard InChI is InChI=1S/C12H18N2O3.C3H8/c1-2-9-10(15)13-12(17)14(11(9)16)8-6-4-3-5-7-8;1-3-2/h8-9H,2-7H2,1H3,(H,13,15,17);3H2,1-2H3. The molecule has 0 radical (unpaired) electrons. The summed E-state index contributed by atoms with van der Waals surface area (Å²) in [6.07, 6.45) is 6.68. The molecule has 1 aliphatic heterocycles. The second-order valence-corrected chi connectivity index (χ2v) is 5.46. The van der Waals surface area contributed by atoms with Crippen LogP contribution in [0.2, 0.25) is 0 Å². The number of carbonyl (C=O) groups excluding carboxylic acids is 3. The second-order valence-electron chi connectivity index (χ2n) is 5.46. The third-order valence-corrected chi connectivity index (χ3v) is 3.65. The van der Waals surface area contributed by atoms with Gasteiger partial charge in [-0.05, 0) is 19.3 Å². The fourth-order valence-corrected chi connectivity index (χ4v) is 2.68. The average molecular weight is 282 g/mol. The van der Waals surface area contributed by atoms with Crippen molar-refractivity contribution in [2.45, 2.75) is 71.8 Å². The van der Waals surface area contributed by atoms with E-state index in [0.717, 1.165) is 32.1 Å². The number of amides is 4. The predicted octanol–water partition coefficient (Wildman–Crippen LogP) is 2.84. The van der Waals surface area contributed by atoms with Crippen LogP contribution in [0.3, 0.4) is 0 Å². The minimum atomic E-state index is -0.686. The highest BCUT2D eigenvalue weighted by molar-refractivity contribution is 6.16. The Balaban J connectivity index is 0.000000612. The van der Waals surface area contributed by atoms with E-state index < -0.39 is 17.9 Å². The topological polar surface area (TPSA) is 66.5 Å². The monoisotopic (exact) mass is 282 g/mol. The number of hydrogen-bond donors (Lipinski definition) is 1. The molecule has 1 saturated heterocycles. The van der Waals surface area contributed by atoms with Crippen LogP contribution < -0.4 is 5.32 Å². The molecule has 114 valence electrons. The number of nitrogens with one attached hydrogen (secondary N) is 1. The average Bonchev–Trinajstić information content (AvgIpc) is 2.40. The van der Waals surface area contributed by atoms with Crippen LogP contribution in [0.5, 0.6) is 0 Å². The molecular weight excluding hydrogens is 256 g/mol. The second kappa shape index (κ2) is 8.02. The molecule has 20 heavy (non-hydrogen) atoms. The maximum absolute atomic E-state index is 12.1. The fraction of sp³-hybridized carbons (Fsp3) is 0.800. The van der Waals surface area contributed by atoms with Crippen LogP contribution in [0.15, 0.2) is 0 Å². The Morgan fingerprint density at radius 3 is 2.10 bits per heavy atom. The molecule has 1 heterocycles. The lowest BCUT2D eigenvalue weighted by molar-refractivity contribution is -0.144. The molecule has 5 heteroatoms. The number of urea groups is 1. The lowest BCUT2D eigenvalue weighted by atomic mass is 9.92. The summed E-state index contributed by atoms with van der Waals surface area (Å²) in [6, 6.07) is -0.546. The largest absolute Gasteiger partial charge is 0.331 e. The highest BCUT2D eigenvalue weighted by atomic mass is 16.2. The Morgan fingerprint density at radius 1 is 1.05 bits per heavy atom. The van der Waals surface area contributed by atoms with Crippen LogP contribution in [0.1, 0.15) is 65.7 Å². The Bertz CT molecular complexity index is 362. The zero-order valence-electron chi connectivity index (χ0n) is 12.8. The van der Waals surface area contributed by atoms with Crippen molar-refractivity contribution in [1.82, 2.24) is 10.2 Å². The predicted molar refractivity (Wildman–Crippen MR) is 77.0 cm³/mol. The molecule has 1 unspecified atom stereocenters. The quantitative estimate of drug-likeness (QED) is 0.792. The summed E-state index contributed by atoms with van der Waals surface area (Å²) in [7, 11) is 0. The van der Waals surface area contributed by atoms with Gasteiger partial charge in [-0.15, -0.1) is 0 Å². The third kappa shape index (κ3) is 3.81. The molecular formula is C15H26N2O3. The van der Waals surface area contributed by atoms with E-state index in [4.69, 9.17) is 0 Å². The van der Waals surface area contributed by atoms with Crippen LogP contribution in [-0.4, -0.2) is 28.8 Å². The summed E-state index contributed by atoms with van der Waals surface area (Å²) >= 11 is 0. The summed E-state index contributed by atoms with van der Waals surface area (Å²) < 4.78 is 0. The highest BCUT2D eigenvalue weighted by Crippen LogP contribution is 2.26. The molecule has 2 fully saturated rings. The number of hydrogen-bond acceptors (Lipinski definition) is 3. The summed E-state index contributed by atoms with van der Waals surface area (Å²) in [5.41, 5.74) is 0. The van der Waals surface area contributed by atoms with Crippen LogP contribution >= 0.6 is 0 Å². The van der Waals surface area contributed by atoms with Crippen molar-refractivity contribution in [1.29, 1.82) is 0 Å². The van der Waals surface area contributed by atoms with Gasteiger partial charge < -0.3 is 0 Å². The molecule has 1 saturated carbocycles. The molecule has 0 aromatic rings. The Morgan fingerprint density at radius 2 is 1.60 bits per heavy atom. The van der Waals surface area contributed by atoms with E-state index in [-0.39, 0.29) is 11.9 Å². The smallest absolute Gasteiger partial charge is 0.277 e. The van der Waals surface area contributed by atoms with E-state index >= 15 is 0 Å². The molecule has 0 spiro atoms. The number of barbiturate groups is 1. The lowest BCUT2D eigenvalue weighted by Gasteiger charge is -2.37. The third-order valence-electron chi connectivity index (χ3n) is 3.65. The van der Waals surface area contributed by atoms with Gasteiger partial charge in [0, 0.05) is 6.04 Å². The van der Waals surface area contributed by atoms with E-state index in [1.807, 2.05) is 0 Å². The Labute approximate surface area is 121 Å². The van der Waals surface area contributed by atoms with Gasteiger partial charge in [0.2, 0.25) is 11.8 Å². The maximum Gasteiger partial charge on any atom is 0.331 e. The number of imide groups is 2. The lowest BCUT2D eigenvalue weighted by Crippen LogP contribution is -2.61. The molecule has 0 bridgehead atoms. The van der Waals surface area contributed by atoms with Crippen LogP contribution in [0, 0.1) is 5.92 Å². The molecule has 0 aromatic heterocycles. The summed E-state index contributed by atoms with van der Waals surface area (Å²) in [4.78, 5) is 36.7. The summed E-state index contributed by atoms with van der Waals surface area (Å²) in [6.45, 7) is 6.04. The first-order valence-corrected chi connectivity index (χ1v) is 7.74. The molecule has 1 N–H and O–H groups in total. The van der Waals surface area contributed by atoms with Gasteiger partial charge in [-0.1, -0.05) is 46.5 Å². The van der Waals surface area contributed by atoms with Gasteiger partial charge >= 0.3 is 6.03 Å². The normalized spacial score (nSPS) is 24.1. The molecule has 1 atom stereocenters.